The Morgan fingerprint density at radius 3 is 2.88 bits per heavy atom. The number of sulfonamides is 1. The molecule has 2 N–H and O–H groups in total. The molecule has 0 saturated carbocycles. The summed E-state index contributed by atoms with van der Waals surface area (Å²) in [6, 6.07) is 10.5. The van der Waals surface area contributed by atoms with Gasteiger partial charge in [-0.3, -0.25) is 4.72 Å². The van der Waals surface area contributed by atoms with Crippen LogP contribution in [0.5, 0.6) is 5.75 Å². The molecule has 0 aliphatic heterocycles. The number of fused-ring (bicyclic) bond motifs is 1. The Bertz CT molecular complexity index is 1170. The van der Waals surface area contributed by atoms with E-state index in [4.69, 9.17) is 4.74 Å². The van der Waals surface area contributed by atoms with Crippen LogP contribution in [0.3, 0.4) is 0 Å². The highest BCUT2D eigenvalue weighted by Gasteiger charge is 2.18. The van der Waals surface area contributed by atoms with Gasteiger partial charge < -0.3 is 9.72 Å². The summed E-state index contributed by atoms with van der Waals surface area (Å²) in [6.07, 6.45) is 3.43. The quantitative estimate of drug-likeness (QED) is 0.547. The fraction of sp³-hybridized carbons (Fsp3) is 0.0588. The molecule has 4 rings (SSSR count). The first kappa shape index (κ1) is 16.6. The third kappa shape index (κ3) is 2.91. The second-order valence-corrected chi connectivity index (χ2v) is 8.31. The number of ether oxygens (including phenoxy) is 1. The van der Waals surface area contributed by atoms with Crippen LogP contribution in [0.1, 0.15) is 0 Å². The number of nitrogens with one attached hydrogen (secondary N) is 2. The van der Waals surface area contributed by atoms with Crippen molar-refractivity contribution in [2.75, 3.05) is 11.8 Å². The van der Waals surface area contributed by atoms with Gasteiger partial charge >= 0.3 is 0 Å². The number of anilines is 1. The topological polar surface area (TPSA) is 97.0 Å². The van der Waals surface area contributed by atoms with Crippen molar-refractivity contribution in [1.82, 2.24) is 15.2 Å². The zero-order chi connectivity index (χ0) is 18.1. The van der Waals surface area contributed by atoms with Gasteiger partial charge in [0.25, 0.3) is 10.0 Å². The third-order valence-electron chi connectivity index (χ3n) is 3.87. The van der Waals surface area contributed by atoms with E-state index in [2.05, 4.69) is 19.9 Å². The molecule has 0 unspecified atom stereocenters. The summed E-state index contributed by atoms with van der Waals surface area (Å²) in [6.45, 7) is 0. The van der Waals surface area contributed by atoms with E-state index in [1.807, 2.05) is 12.1 Å². The van der Waals surface area contributed by atoms with Gasteiger partial charge in [-0.25, -0.2) is 8.42 Å². The molecule has 9 heteroatoms. The first-order valence-corrected chi connectivity index (χ1v) is 9.98. The predicted octanol–water partition coefficient (Wildman–Crippen LogP) is 3.50. The zero-order valence-corrected chi connectivity index (χ0v) is 15.3. The van der Waals surface area contributed by atoms with Gasteiger partial charge in [-0.2, -0.15) is 5.10 Å². The van der Waals surface area contributed by atoms with Crippen LogP contribution in [-0.2, 0) is 10.0 Å². The molecular formula is C17H14N4O3S2. The molecule has 0 saturated heterocycles. The van der Waals surface area contributed by atoms with Crippen molar-refractivity contribution in [3.63, 3.8) is 0 Å². The highest BCUT2D eigenvalue weighted by molar-refractivity contribution is 7.94. The molecule has 0 spiro atoms. The average molecular weight is 386 g/mol. The minimum Gasteiger partial charge on any atom is -0.495 e. The smallest absolute Gasteiger partial charge is 0.271 e. The van der Waals surface area contributed by atoms with Crippen LogP contribution < -0.4 is 9.46 Å². The van der Waals surface area contributed by atoms with E-state index in [-0.39, 0.29) is 4.21 Å². The number of benzene rings is 1. The number of thiophene rings is 1. The summed E-state index contributed by atoms with van der Waals surface area (Å²) in [7, 11) is -2.18. The first-order chi connectivity index (χ1) is 12.6. The van der Waals surface area contributed by atoms with Gasteiger partial charge in [0, 0.05) is 17.1 Å². The maximum Gasteiger partial charge on any atom is 0.271 e. The fourth-order valence-electron chi connectivity index (χ4n) is 2.67. The largest absolute Gasteiger partial charge is 0.495 e. The molecule has 0 bridgehead atoms. The molecule has 0 aliphatic carbocycles. The highest BCUT2D eigenvalue weighted by atomic mass is 32.2. The van der Waals surface area contributed by atoms with Crippen molar-refractivity contribution in [2.45, 2.75) is 4.21 Å². The van der Waals surface area contributed by atoms with Crippen LogP contribution in [0, 0.1) is 0 Å². The van der Waals surface area contributed by atoms with Crippen molar-refractivity contribution in [1.29, 1.82) is 0 Å². The Morgan fingerprint density at radius 2 is 2.12 bits per heavy atom. The monoisotopic (exact) mass is 386 g/mol. The molecular weight excluding hydrogens is 372 g/mol. The molecule has 0 amide bonds. The van der Waals surface area contributed by atoms with Crippen LogP contribution in [-0.4, -0.2) is 30.7 Å². The van der Waals surface area contributed by atoms with Gasteiger partial charge in [0.15, 0.2) is 5.65 Å². The SMILES string of the molecule is COc1ccc(-c2cnnc3[nH]ccc23)cc1NS(=O)(=O)c1cccs1. The van der Waals surface area contributed by atoms with Gasteiger partial charge in [0.2, 0.25) is 0 Å². The minimum atomic E-state index is -3.68. The lowest BCUT2D eigenvalue weighted by Gasteiger charge is -2.13. The Morgan fingerprint density at radius 1 is 1.23 bits per heavy atom. The molecule has 0 radical (unpaired) electrons. The average Bonchev–Trinajstić information content (AvgIpc) is 3.32. The molecule has 7 nitrogen and oxygen atoms in total. The van der Waals surface area contributed by atoms with Gasteiger partial charge in [-0.1, -0.05) is 12.1 Å². The van der Waals surface area contributed by atoms with Crippen molar-refractivity contribution < 1.29 is 13.2 Å². The molecule has 3 aromatic heterocycles. The molecule has 26 heavy (non-hydrogen) atoms. The fourth-order valence-corrected chi connectivity index (χ4v) is 4.73. The normalized spacial score (nSPS) is 11.6. The van der Waals surface area contributed by atoms with Gasteiger partial charge in [-0.15, -0.1) is 16.4 Å². The second-order valence-electron chi connectivity index (χ2n) is 5.45. The lowest BCUT2D eigenvalue weighted by Crippen LogP contribution is -2.12. The number of methoxy groups -OCH3 is 1. The van der Waals surface area contributed by atoms with E-state index in [1.54, 1.807) is 42.0 Å². The summed E-state index contributed by atoms with van der Waals surface area (Å²) in [4.78, 5) is 3.02. The maximum atomic E-state index is 12.6. The molecule has 0 fully saturated rings. The molecule has 3 heterocycles. The van der Waals surface area contributed by atoms with E-state index < -0.39 is 10.0 Å². The first-order valence-electron chi connectivity index (χ1n) is 7.62. The summed E-state index contributed by atoms with van der Waals surface area (Å²) >= 11 is 1.15. The molecule has 0 aliphatic rings. The summed E-state index contributed by atoms with van der Waals surface area (Å²) in [5.41, 5.74) is 2.67. The van der Waals surface area contributed by atoms with Gasteiger partial charge in [0.1, 0.15) is 9.96 Å². The van der Waals surface area contributed by atoms with E-state index in [0.717, 1.165) is 27.8 Å². The van der Waals surface area contributed by atoms with E-state index in [0.29, 0.717) is 17.1 Å². The van der Waals surface area contributed by atoms with E-state index >= 15 is 0 Å². The molecule has 0 atom stereocenters. The Labute approximate surface area is 153 Å². The number of rotatable bonds is 5. The van der Waals surface area contributed by atoms with Crippen molar-refractivity contribution in [3.05, 3.63) is 54.2 Å². The predicted molar refractivity (Wildman–Crippen MR) is 101 cm³/mol. The Hall–Kier alpha value is -2.91. The number of hydrogen-bond acceptors (Lipinski definition) is 6. The summed E-state index contributed by atoms with van der Waals surface area (Å²) in [5.74, 6) is 0.432. The zero-order valence-electron chi connectivity index (χ0n) is 13.6. The number of aromatic nitrogens is 3. The van der Waals surface area contributed by atoms with Crippen LogP contribution in [0.2, 0.25) is 0 Å². The maximum absolute atomic E-state index is 12.6. The van der Waals surface area contributed by atoms with Crippen LogP contribution >= 0.6 is 11.3 Å². The number of H-pyrrole nitrogens is 1. The highest BCUT2D eigenvalue weighted by Crippen LogP contribution is 2.34. The lowest BCUT2D eigenvalue weighted by atomic mass is 10.0. The lowest BCUT2D eigenvalue weighted by molar-refractivity contribution is 0.417. The minimum absolute atomic E-state index is 0.239. The summed E-state index contributed by atoms with van der Waals surface area (Å²) in [5, 5.41) is 10.7. The van der Waals surface area contributed by atoms with E-state index in [1.165, 1.54) is 7.11 Å². The Balaban J connectivity index is 1.80. The standard InChI is InChI=1S/C17H14N4O3S2/c1-24-15-5-4-11(13-10-19-20-17-12(13)6-7-18-17)9-14(15)21-26(22,23)16-3-2-8-25-16/h2-10,21H,1H3,(H,18,20). The van der Waals surface area contributed by atoms with Gasteiger partial charge in [-0.05, 0) is 35.2 Å². The van der Waals surface area contributed by atoms with E-state index in [9.17, 15) is 8.42 Å². The van der Waals surface area contributed by atoms with Crippen molar-refractivity contribution in [3.8, 4) is 16.9 Å². The number of hydrogen-bond donors (Lipinski definition) is 2. The van der Waals surface area contributed by atoms with Crippen molar-refractivity contribution in [2.24, 2.45) is 0 Å². The van der Waals surface area contributed by atoms with Crippen LogP contribution in [0.25, 0.3) is 22.2 Å². The summed E-state index contributed by atoms with van der Waals surface area (Å²) < 4.78 is 33.3. The van der Waals surface area contributed by atoms with Crippen LogP contribution in [0.15, 0.2) is 58.4 Å². The van der Waals surface area contributed by atoms with Crippen LogP contribution in [0.4, 0.5) is 5.69 Å². The van der Waals surface area contributed by atoms with Crippen molar-refractivity contribution >= 4 is 38.1 Å². The van der Waals surface area contributed by atoms with Gasteiger partial charge in [0.05, 0.1) is 19.0 Å². The number of nitrogens with zero attached hydrogens (tertiary/aromatic N) is 2. The second kappa shape index (κ2) is 6.43. The molecule has 4 aromatic rings. The third-order valence-corrected chi connectivity index (χ3v) is 6.64. The molecule has 1 aromatic carbocycles. The number of aromatic amines is 1. The molecule has 132 valence electrons. The Kier molecular flexibility index (Phi) is 4.09.